The molecule has 1 rings (SSSR count). The van der Waals surface area contributed by atoms with E-state index < -0.39 is 0 Å². The van der Waals surface area contributed by atoms with Gasteiger partial charge >= 0.3 is 0 Å². The van der Waals surface area contributed by atoms with Gasteiger partial charge in [-0.2, -0.15) is 0 Å². The van der Waals surface area contributed by atoms with Crippen LogP contribution in [0.5, 0.6) is 0 Å². The Labute approximate surface area is 42.0 Å². The molecule has 0 aromatic carbocycles. The van der Waals surface area contributed by atoms with Crippen LogP contribution in [0.15, 0.2) is 0 Å². The van der Waals surface area contributed by atoms with Gasteiger partial charge in [0, 0.05) is 25.2 Å². The number of nitrogens with one attached hydrogen (secondary N) is 2. The Kier molecular flexibility index (Phi) is 1.80. The van der Waals surface area contributed by atoms with Crippen molar-refractivity contribution in [2.75, 3.05) is 13.1 Å². The van der Waals surface area contributed by atoms with Crippen LogP contribution >= 0.6 is 12.1 Å². The third kappa shape index (κ3) is 1.16. The molecule has 0 atom stereocenters. The van der Waals surface area contributed by atoms with Crippen LogP contribution in [-0.4, -0.2) is 13.1 Å². The maximum atomic E-state index is 3.03. The van der Waals surface area contributed by atoms with Gasteiger partial charge in [0.1, 0.15) is 0 Å². The van der Waals surface area contributed by atoms with Crippen molar-refractivity contribution in [2.45, 2.75) is 0 Å². The van der Waals surface area contributed by atoms with Crippen LogP contribution in [0.25, 0.3) is 0 Å². The fourth-order valence-electron chi connectivity index (χ4n) is 0.324. The highest BCUT2D eigenvalue weighted by Gasteiger charge is 1.93. The SMILES string of the molecule is [CH]1CNSNC1. The summed E-state index contributed by atoms with van der Waals surface area (Å²) in [6.07, 6.45) is 2.15. The lowest BCUT2D eigenvalue weighted by Crippen LogP contribution is -2.24. The Morgan fingerprint density at radius 2 is 2.00 bits per heavy atom. The maximum Gasteiger partial charge on any atom is 0.0115 e. The Hall–Kier alpha value is 0.270. The van der Waals surface area contributed by atoms with E-state index in [0.29, 0.717) is 0 Å². The molecule has 0 aromatic heterocycles. The molecule has 0 aromatic rings. The van der Waals surface area contributed by atoms with Gasteiger partial charge in [-0.1, -0.05) is 0 Å². The van der Waals surface area contributed by atoms with E-state index in [1.54, 1.807) is 12.1 Å². The van der Waals surface area contributed by atoms with E-state index >= 15 is 0 Å². The third-order valence-corrected chi connectivity index (χ3v) is 1.22. The molecule has 0 bridgehead atoms. The first-order valence-electron chi connectivity index (χ1n) is 1.93. The van der Waals surface area contributed by atoms with E-state index in [1.807, 2.05) is 0 Å². The van der Waals surface area contributed by atoms with Crippen LogP contribution in [0.1, 0.15) is 0 Å². The summed E-state index contributed by atoms with van der Waals surface area (Å²) < 4.78 is 6.07. The lowest BCUT2D eigenvalue weighted by molar-refractivity contribution is 0.890. The predicted molar refractivity (Wildman–Crippen MR) is 27.9 cm³/mol. The molecule has 3 heteroatoms. The van der Waals surface area contributed by atoms with Crippen molar-refractivity contribution in [3.05, 3.63) is 6.42 Å². The average Bonchev–Trinajstić information content (AvgIpc) is 1.72. The molecule has 35 valence electrons. The zero-order chi connectivity index (χ0) is 4.24. The minimum atomic E-state index is 1.03. The van der Waals surface area contributed by atoms with E-state index in [1.165, 1.54) is 0 Å². The highest BCUT2D eigenvalue weighted by molar-refractivity contribution is 7.95. The maximum absolute atomic E-state index is 3.03. The number of hydrogen-bond donors (Lipinski definition) is 2. The van der Waals surface area contributed by atoms with E-state index in [4.69, 9.17) is 0 Å². The fraction of sp³-hybridized carbons (Fsp3) is 0.667. The molecule has 0 amide bonds. The van der Waals surface area contributed by atoms with E-state index in [-0.39, 0.29) is 0 Å². The molecule has 0 saturated carbocycles. The van der Waals surface area contributed by atoms with Crippen LogP contribution in [0.2, 0.25) is 0 Å². The largest absolute Gasteiger partial charge is 0.250 e. The molecule has 6 heavy (non-hydrogen) atoms. The molecule has 2 N–H and O–H groups in total. The fourth-order valence-corrected chi connectivity index (χ4v) is 0.829. The van der Waals surface area contributed by atoms with E-state index in [9.17, 15) is 0 Å². The van der Waals surface area contributed by atoms with Crippen molar-refractivity contribution in [3.63, 3.8) is 0 Å². The summed E-state index contributed by atoms with van der Waals surface area (Å²) in [4.78, 5) is 0. The zero-order valence-corrected chi connectivity index (χ0v) is 4.22. The average molecular weight is 103 g/mol. The normalized spacial score (nSPS) is 24.0. The van der Waals surface area contributed by atoms with Crippen LogP contribution in [-0.2, 0) is 0 Å². The van der Waals surface area contributed by atoms with E-state index in [2.05, 4.69) is 15.9 Å². The lowest BCUT2D eigenvalue weighted by Gasteiger charge is -2.09. The van der Waals surface area contributed by atoms with Gasteiger partial charge < -0.3 is 0 Å². The highest BCUT2D eigenvalue weighted by Crippen LogP contribution is 1.90. The highest BCUT2D eigenvalue weighted by atomic mass is 32.2. The molecular weight excluding hydrogens is 96.1 g/mol. The first-order chi connectivity index (χ1) is 3.00. The minimum Gasteiger partial charge on any atom is -0.250 e. The van der Waals surface area contributed by atoms with Crippen LogP contribution in [0, 0.1) is 6.42 Å². The second-order valence-corrected chi connectivity index (χ2v) is 1.87. The van der Waals surface area contributed by atoms with Gasteiger partial charge in [0.05, 0.1) is 0 Å². The summed E-state index contributed by atoms with van der Waals surface area (Å²) in [5, 5.41) is 0. The number of hydrogen-bond acceptors (Lipinski definition) is 3. The van der Waals surface area contributed by atoms with Gasteiger partial charge in [0.2, 0.25) is 0 Å². The zero-order valence-electron chi connectivity index (χ0n) is 3.40. The molecule has 2 nitrogen and oxygen atoms in total. The quantitative estimate of drug-likeness (QED) is 0.420. The summed E-state index contributed by atoms with van der Waals surface area (Å²) in [7, 11) is 0. The molecule has 0 unspecified atom stereocenters. The summed E-state index contributed by atoms with van der Waals surface area (Å²) in [6, 6.07) is 0. The summed E-state index contributed by atoms with van der Waals surface area (Å²) in [5.74, 6) is 0. The van der Waals surface area contributed by atoms with Gasteiger partial charge in [-0.25, -0.2) is 0 Å². The second-order valence-electron chi connectivity index (χ2n) is 1.09. The molecule has 1 radical (unpaired) electrons. The van der Waals surface area contributed by atoms with Crippen molar-refractivity contribution in [1.82, 2.24) is 9.44 Å². The van der Waals surface area contributed by atoms with Crippen molar-refractivity contribution >= 4 is 12.1 Å². The third-order valence-electron chi connectivity index (χ3n) is 0.600. The summed E-state index contributed by atoms with van der Waals surface area (Å²) in [5.41, 5.74) is 0. The Bertz CT molecular complexity index is 24.3. The smallest absolute Gasteiger partial charge is 0.0115 e. The Balaban J connectivity index is 2.00. The second kappa shape index (κ2) is 2.44. The van der Waals surface area contributed by atoms with Gasteiger partial charge in [-0.05, 0) is 6.42 Å². The number of rotatable bonds is 0. The summed E-state index contributed by atoms with van der Waals surface area (Å²) >= 11 is 1.56. The van der Waals surface area contributed by atoms with Crippen molar-refractivity contribution in [3.8, 4) is 0 Å². The van der Waals surface area contributed by atoms with Crippen molar-refractivity contribution < 1.29 is 0 Å². The van der Waals surface area contributed by atoms with Crippen LogP contribution < -0.4 is 9.44 Å². The topological polar surface area (TPSA) is 24.1 Å². The molecule has 1 aliphatic heterocycles. The molecule has 1 aliphatic rings. The van der Waals surface area contributed by atoms with Gasteiger partial charge in [-0.3, -0.25) is 9.44 Å². The molecule has 1 saturated heterocycles. The molecule has 1 fully saturated rings. The first kappa shape index (κ1) is 4.43. The molecule has 0 spiro atoms. The minimum absolute atomic E-state index is 1.03. The van der Waals surface area contributed by atoms with Gasteiger partial charge in [0.25, 0.3) is 0 Å². The summed E-state index contributed by atoms with van der Waals surface area (Å²) in [6.45, 7) is 2.05. The first-order valence-corrected chi connectivity index (χ1v) is 2.75. The molecule has 1 heterocycles. The monoisotopic (exact) mass is 103 g/mol. The van der Waals surface area contributed by atoms with Crippen molar-refractivity contribution in [1.29, 1.82) is 0 Å². The predicted octanol–water partition coefficient (Wildman–Crippen LogP) is -0.0533. The van der Waals surface area contributed by atoms with Crippen LogP contribution in [0.3, 0.4) is 0 Å². The lowest BCUT2D eigenvalue weighted by atomic mass is 10.4. The molecular formula is C3H7N2S. The van der Waals surface area contributed by atoms with Gasteiger partial charge in [0.15, 0.2) is 0 Å². The van der Waals surface area contributed by atoms with E-state index in [0.717, 1.165) is 13.1 Å². The van der Waals surface area contributed by atoms with Crippen molar-refractivity contribution in [2.24, 2.45) is 0 Å². The van der Waals surface area contributed by atoms with Crippen LogP contribution in [0.4, 0.5) is 0 Å². The Morgan fingerprint density at radius 1 is 1.33 bits per heavy atom. The Morgan fingerprint density at radius 3 is 2.17 bits per heavy atom. The molecule has 0 aliphatic carbocycles. The van der Waals surface area contributed by atoms with Gasteiger partial charge in [-0.15, -0.1) is 0 Å². The standard InChI is InChI=1S/C3H7N2S/c1-2-4-6-5-3-1/h1,4-5H,2-3H2.